The number of amides is 2. The lowest BCUT2D eigenvalue weighted by Crippen LogP contribution is -2.35. The maximum Gasteiger partial charge on any atom is 0.258 e. The summed E-state index contributed by atoms with van der Waals surface area (Å²) >= 11 is 0. The Morgan fingerprint density at radius 2 is 1.77 bits per heavy atom. The Morgan fingerprint density at radius 3 is 2.43 bits per heavy atom. The molecule has 0 saturated carbocycles. The molecule has 5 nitrogen and oxygen atoms in total. The second-order valence-corrected chi connectivity index (χ2v) is 8.44. The number of anilines is 2. The van der Waals surface area contributed by atoms with Crippen LogP contribution in [0.1, 0.15) is 54.3 Å². The molecule has 0 bridgehead atoms. The fraction of sp³-hybridized carbons (Fsp3) is 0.417. The summed E-state index contributed by atoms with van der Waals surface area (Å²) in [6.45, 7) is 8.69. The minimum Gasteiger partial charge on any atom is -0.371 e. The molecule has 2 aromatic rings. The van der Waals surface area contributed by atoms with Crippen LogP contribution in [0, 0.1) is 17.7 Å². The van der Waals surface area contributed by atoms with Crippen LogP contribution in [0.3, 0.4) is 0 Å². The average molecular weight is 412 g/mol. The van der Waals surface area contributed by atoms with Gasteiger partial charge in [-0.3, -0.25) is 9.59 Å². The number of hydrogen-bond donors (Lipinski definition) is 2. The van der Waals surface area contributed by atoms with Gasteiger partial charge in [0.25, 0.3) is 11.8 Å². The first kappa shape index (κ1) is 21.8. The lowest BCUT2D eigenvalue weighted by atomic mass is 9.97. The van der Waals surface area contributed by atoms with Gasteiger partial charge in [-0.2, -0.15) is 0 Å². The quantitative estimate of drug-likeness (QED) is 0.724. The highest BCUT2D eigenvalue weighted by molar-refractivity contribution is 6.06. The number of carbonyl (C=O) groups excluding carboxylic acids is 2. The molecule has 1 saturated heterocycles. The van der Waals surface area contributed by atoms with Crippen LogP contribution < -0.4 is 15.5 Å². The molecular weight excluding hydrogens is 381 g/mol. The Hall–Kier alpha value is -2.89. The van der Waals surface area contributed by atoms with Gasteiger partial charge in [-0.1, -0.05) is 32.9 Å². The Balaban J connectivity index is 1.86. The van der Waals surface area contributed by atoms with Gasteiger partial charge in [0.2, 0.25) is 0 Å². The molecule has 6 heteroatoms. The molecule has 2 aromatic carbocycles. The molecule has 0 unspecified atom stereocenters. The van der Waals surface area contributed by atoms with E-state index in [1.54, 1.807) is 18.2 Å². The van der Waals surface area contributed by atoms with E-state index < -0.39 is 11.7 Å². The van der Waals surface area contributed by atoms with Crippen molar-refractivity contribution in [1.29, 1.82) is 0 Å². The highest BCUT2D eigenvalue weighted by Gasteiger charge is 2.22. The van der Waals surface area contributed by atoms with Crippen molar-refractivity contribution < 1.29 is 14.0 Å². The van der Waals surface area contributed by atoms with Crippen molar-refractivity contribution in [1.82, 2.24) is 5.32 Å². The fourth-order valence-electron chi connectivity index (χ4n) is 3.56. The molecule has 0 atom stereocenters. The number of hydrogen-bond acceptors (Lipinski definition) is 3. The molecule has 2 N–H and O–H groups in total. The highest BCUT2D eigenvalue weighted by Crippen LogP contribution is 2.29. The summed E-state index contributed by atoms with van der Waals surface area (Å²) in [4.78, 5) is 27.6. The van der Waals surface area contributed by atoms with Crippen LogP contribution in [-0.2, 0) is 0 Å². The molecular formula is C24H30FN3O2. The predicted molar refractivity (Wildman–Crippen MR) is 119 cm³/mol. The van der Waals surface area contributed by atoms with Crippen LogP contribution >= 0.6 is 0 Å². The van der Waals surface area contributed by atoms with E-state index in [1.807, 2.05) is 19.9 Å². The van der Waals surface area contributed by atoms with Crippen molar-refractivity contribution in [3.05, 3.63) is 59.4 Å². The minimum absolute atomic E-state index is 0.0302. The Labute approximate surface area is 177 Å². The summed E-state index contributed by atoms with van der Waals surface area (Å²) < 4.78 is 13.9. The van der Waals surface area contributed by atoms with Crippen LogP contribution in [0.5, 0.6) is 0 Å². The minimum atomic E-state index is -0.580. The number of piperidine rings is 1. The third kappa shape index (κ3) is 5.38. The predicted octanol–water partition coefficient (Wildman–Crippen LogP) is 4.70. The summed E-state index contributed by atoms with van der Waals surface area (Å²) in [5, 5.41) is 5.69. The third-order valence-corrected chi connectivity index (χ3v) is 5.41. The fourth-order valence-corrected chi connectivity index (χ4v) is 3.56. The van der Waals surface area contributed by atoms with Gasteiger partial charge in [0.15, 0.2) is 0 Å². The zero-order valence-corrected chi connectivity index (χ0v) is 17.9. The first-order valence-corrected chi connectivity index (χ1v) is 10.6. The van der Waals surface area contributed by atoms with E-state index in [4.69, 9.17) is 0 Å². The van der Waals surface area contributed by atoms with E-state index in [-0.39, 0.29) is 11.5 Å². The smallest absolute Gasteiger partial charge is 0.258 e. The van der Waals surface area contributed by atoms with Gasteiger partial charge in [0, 0.05) is 31.0 Å². The molecule has 0 radical (unpaired) electrons. The molecule has 1 fully saturated rings. The average Bonchev–Trinajstić information content (AvgIpc) is 2.73. The highest BCUT2D eigenvalue weighted by atomic mass is 19.1. The van der Waals surface area contributed by atoms with Gasteiger partial charge in [-0.25, -0.2) is 4.39 Å². The molecule has 1 aliphatic heterocycles. The van der Waals surface area contributed by atoms with E-state index in [9.17, 15) is 14.0 Å². The van der Waals surface area contributed by atoms with E-state index >= 15 is 0 Å². The molecule has 2 amide bonds. The molecule has 3 rings (SSSR count). The van der Waals surface area contributed by atoms with Crippen LogP contribution in [0.2, 0.25) is 0 Å². The molecule has 1 heterocycles. The second-order valence-electron chi connectivity index (χ2n) is 8.44. The van der Waals surface area contributed by atoms with Crippen LogP contribution in [-0.4, -0.2) is 31.4 Å². The first-order chi connectivity index (χ1) is 14.3. The maximum atomic E-state index is 13.9. The van der Waals surface area contributed by atoms with E-state index in [0.717, 1.165) is 31.6 Å². The number of nitrogens with one attached hydrogen (secondary N) is 2. The summed E-state index contributed by atoms with van der Waals surface area (Å²) in [7, 11) is 0. The van der Waals surface area contributed by atoms with E-state index in [2.05, 4.69) is 22.5 Å². The molecule has 0 aromatic heterocycles. The van der Waals surface area contributed by atoms with Crippen molar-refractivity contribution in [3.8, 4) is 0 Å². The molecule has 0 spiro atoms. The summed E-state index contributed by atoms with van der Waals surface area (Å²) in [6.07, 6.45) is 2.16. The molecule has 0 aliphatic carbocycles. The summed E-state index contributed by atoms with van der Waals surface area (Å²) in [5.41, 5.74) is 1.83. The lowest BCUT2D eigenvalue weighted by Gasteiger charge is -2.33. The van der Waals surface area contributed by atoms with Crippen LogP contribution in [0.25, 0.3) is 0 Å². The van der Waals surface area contributed by atoms with Gasteiger partial charge in [-0.15, -0.1) is 0 Å². The van der Waals surface area contributed by atoms with Gasteiger partial charge < -0.3 is 15.5 Å². The topological polar surface area (TPSA) is 61.4 Å². The van der Waals surface area contributed by atoms with Crippen LogP contribution in [0.4, 0.5) is 15.8 Å². The van der Waals surface area contributed by atoms with Crippen LogP contribution in [0.15, 0.2) is 42.5 Å². The van der Waals surface area contributed by atoms with Crippen molar-refractivity contribution in [2.45, 2.75) is 33.6 Å². The van der Waals surface area contributed by atoms with Gasteiger partial charge in [0.05, 0.1) is 11.1 Å². The Morgan fingerprint density at radius 1 is 1.07 bits per heavy atom. The van der Waals surface area contributed by atoms with Crippen molar-refractivity contribution in [2.75, 3.05) is 29.9 Å². The lowest BCUT2D eigenvalue weighted by molar-refractivity contribution is 0.0948. The number of benzene rings is 2. The summed E-state index contributed by atoms with van der Waals surface area (Å²) in [6, 6.07) is 11.2. The van der Waals surface area contributed by atoms with Gasteiger partial charge in [0.1, 0.15) is 5.82 Å². The van der Waals surface area contributed by atoms with Crippen molar-refractivity contribution >= 4 is 23.2 Å². The normalized spacial score (nSPS) is 14.6. The van der Waals surface area contributed by atoms with Gasteiger partial charge in [-0.05, 0) is 55.0 Å². The number of halogens is 1. The molecule has 160 valence electrons. The Bertz CT molecular complexity index is 905. The third-order valence-electron chi connectivity index (χ3n) is 5.41. The summed E-state index contributed by atoms with van der Waals surface area (Å²) in [5.74, 6) is -0.277. The van der Waals surface area contributed by atoms with Gasteiger partial charge >= 0.3 is 0 Å². The SMILES string of the molecule is CC(C)CNC(=O)c1cc(NC(=O)c2ccccc2F)ccc1N1CCC(C)CC1. The standard InChI is InChI=1S/C24H30FN3O2/c1-16(2)15-26-23(29)20-14-18(27-24(30)19-6-4-5-7-21(19)25)8-9-22(20)28-12-10-17(3)11-13-28/h4-9,14,16-17H,10-13,15H2,1-3H3,(H,26,29)(H,27,30). The zero-order chi connectivity index (χ0) is 21.7. The second kappa shape index (κ2) is 9.74. The van der Waals surface area contributed by atoms with Crippen molar-refractivity contribution in [2.24, 2.45) is 11.8 Å². The Kier molecular flexibility index (Phi) is 7.08. The maximum absolute atomic E-state index is 13.9. The largest absolute Gasteiger partial charge is 0.371 e. The number of carbonyl (C=O) groups is 2. The monoisotopic (exact) mass is 411 g/mol. The van der Waals surface area contributed by atoms with E-state index in [0.29, 0.717) is 29.6 Å². The van der Waals surface area contributed by atoms with Crippen molar-refractivity contribution in [3.63, 3.8) is 0 Å². The molecule has 1 aliphatic rings. The zero-order valence-electron chi connectivity index (χ0n) is 17.9. The van der Waals surface area contributed by atoms with E-state index in [1.165, 1.54) is 18.2 Å². The molecule has 30 heavy (non-hydrogen) atoms. The number of rotatable bonds is 6. The number of nitrogens with zero attached hydrogens (tertiary/aromatic N) is 1. The first-order valence-electron chi connectivity index (χ1n) is 10.6.